The summed E-state index contributed by atoms with van der Waals surface area (Å²) in [6, 6.07) is 18.8. The number of benzene rings is 2. The van der Waals surface area contributed by atoms with E-state index in [1.165, 1.54) is 12.8 Å². The van der Waals surface area contributed by atoms with E-state index in [0.717, 1.165) is 30.2 Å². The molecule has 1 amide bonds. The average molecular weight is 418 g/mol. The first kappa shape index (κ1) is 20.7. The molecule has 1 aliphatic rings. The highest BCUT2D eigenvalue weighted by molar-refractivity contribution is 5.92. The molecule has 0 aliphatic carbocycles. The van der Waals surface area contributed by atoms with E-state index in [0.29, 0.717) is 23.8 Å². The Hall–Kier alpha value is -3.61. The first-order chi connectivity index (χ1) is 15.2. The molecule has 1 saturated heterocycles. The summed E-state index contributed by atoms with van der Waals surface area (Å²) < 4.78 is 11.0. The largest absolute Gasteiger partial charge is 0.494 e. The number of ether oxygens (including phenoxy) is 2. The van der Waals surface area contributed by atoms with Crippen LogP contribution in [0.2, 0.25) is 0 Å². The molecule has 1 aromatic heterocycles. The van der Waals surface area contributed by atoms with Gasteiger partial charge in [-0.05, 0) is 56.2 Å². The first-order valence-electron chi connectivity index (χ1n) is 10.6. The Bertz CT molecular complexity index is 1000. The predicted octanol–water partition coefficient (Wildman–Crippen LogP) is 4.16. The molecular weight excluding hydrogens is 392 g/mol. The SMILES string of the molecule is CCOc1cccc(OCC(=O)Nc2ccc(-c3ccc(N4CCCC4)nn3)cc2)c1. The summed E-state index contributed by atoms with van der Waals surface area (Å²) >= 11 is 0. The molecule has 2 aromatic carbocycles. The van der Waals surface area contributed by atoms with Crippen molar-refractivity contribution in [1.82, 2.24) is 10.2 Å². The lowest BCUT2D eigenvalue weighted by Gasteiger charge is -2.15. The van der Waals surface area contributed by atoms with Gasteiger partial charge in [-0.25, -0.2) is 0 Å². The lowest BCUT2D eigenvalue weighted by molar-refractivity contribution is -0.118. The summed E-state index contributed by atoms with van der Waals surface area (Å²) in [6.07, 6.45) is 2.42. The van der Waals surface area contributed by atoms with Gasteiger partial charge in [-0.15, -0.1) is 10.2 Å². The smallest absolute Gasteiger partial charge is 0.262 e. The fourth-order valence-corrected chi connectivity index (χ4v) is 3.48. The van der Waals surface area contributed by atoms with Gasteiger partial charge < -0.3 is 19.7 Å². The number of nitrogens with one attached hydrogen (secondary N) is 1. The molecule has 0 bridgehead atoms. The number of hydrogen-bond donors (Lipinski definition) is 1. The minimum atomic E-state index is -0.232. The van der Waals surface area contributed by atoms with Crippen LogP contribution in [0.25, 0.3) is 11.3 Å². The van der Waals surface area contributed by atoms with Crippen LogP contribution >= 0.6 is 0 Å². The van der Waals surface area contributed by atoms with E-state index in [1.54, 1.807) is 12.1 Å². The Kier molecular flexibility index (Phi) is 6.62. The van der Waals surface area contributed by atoms with Crippen molar-refractivity contribution in [2.75, 3.05) is 36.5 Å². The van der Waals surface area contributed by atoms with Crippen LogP contribution in [0.3, 0.4) is 0 Å². The molecule has 4 rings (SSSR count). The van der Waals surface area contributed by atoms with Gasteiger partial charge in [0.25, 0.3) is 5.91 Å². The molecule has 0 atom stereocenters. The van der Waals surface area contributed by atoms with Gasteiger partial charge in [0.05, 0.1) is 12.3 Å². The summed E-state index contributed by atoms with van der Waals surface area (Å²) in [7, 11) is 0. The average Bonchev–Trinajstić information content (AvgIpc) is 3.34. The molecule has 1 aliphatic heterocycles. The predicted molar refractivity (Wildman–Crippen MR) is 121 cm³/mol. The summed E-state index contributed by atoms with van der Waals surface area (Å²) in [5.41, 5.74) is 2.45. The lowest BCUT2D eigenvalue weighted by Crippen LogP contribution is -2.20. The topological polar surface area (TPSA) is 76.6 Å². The Labute approximate surface area is 182 Å². The molecule has 2 heterocycles. The maximum atomic E-state index is 12.2. The van der Waals surface area contributed by atoms with Crippen LogP contribution in [0, 0.1) is 0 Å². The van der Waals surface area contributed by atoms with E-state index in [2.05, 4.69) is 20.4 Å². The highest BCUT2D eigenvalue weighted by atomic mass is 16.5. The summed E-state index contributed by atoms with van der Waals surface area (Å²) in [4.78, 5) is 14.5. The third-order valence-corrected chi connectivity index (χ3v) is 5.03. The minimum absolute atomic E-state index is 0.0826. The van der Waals surface area contributed by atoms with E-state index in [9.17, 15) is 4.79 Å². The summed E-state index contributed by atoms with van der Waals surface area (Å²) in [6.45, 7) is 4.51. The van der Waals surface area contributed by atoms with E-state index in [-0.39, 0.29) is 12.5 Å². The number of carbonyl (C=O) groups is 1. The van der Waals surface area contributed by atoms with E-state index in [4.69, 9.17) is 9.47 Å². The van der Waals surface area contributed by atoms with Crippen LogP contribution in [0.4, 0.5) is 11.5 Å². The fraction of sp³-hybridized carbons (Fsp3) is 0.292. The zero-order chi connectivity index (χ0) is 21.5. The first-order valence-corrected chi connectivity index (χ1v) is 10.6. The van der Waals surface area contributed by atoms with Gasteiger partial charge >= 0.3 is 0 Å². The van der Waals surface area contributed by atoms with Crippen molar-refractivity contribution in [3.8, 4) is 22.8 Å². The van der Waals surface area contributed by atoms with Crippen molar-refractivity contribution in [2.45, 2.75) is 19.8 Å². The van der Waals surface area contributed by atoms with Gasteiger partial charge in [-0.3, -0.25) is 4.79 Å². The Morgan fingerprint density at radius 2 is 1.71 bits per heavy atom. The van der Waals surface area contributed by atoms with Crippen molar-refractivity contribution < 1.29 is 14.3 Å². The molecular formula is C24H26N4O3. The summed E-state index contributed by atoms with van der Waals surface area (Å²) in [5, 5.41) is 11.6. The number of carbonyl (C=O) groups excluding carboxylic acids is 1. The normalized spacial score (nSPS) is 13.1. The van der Waals surface area contributed by atoms with Gasteiger partial charge in [0.15, 0.2) is 12.4 Å². The molecule has 0 spiro atoms. The van der Waals surface area contributed by atoms with E-state index >= 15 is 0 Å². The van der Waals surface area contributed by atoms with Crippen molar-refractivity contribution in [3.63, 3.8) is 0 Å². The Morgan fingerprint density at radius 1 is 0.968 bits per heavy atom. The van der Waals surface area contributed by atoms with Crippen LogP contribution in [0.5, 0.6) is 11.5 Å². The fourth-order valence-electron chi connectivity index (χ4n) is 3.48. The third-order valence-electron chi connectivity index (χ3n) is 5.03. The lowest BCUT2D eigenvalue weighted by atomic mass is 10.1. The maximum Gasteiger partial charge on any atom is 0.262 e. The minimum Gasteiger partial charge on any atom is -0.494 e. The highest BCUT2D eigenvalue weighted by Gasteiger charge is 2.14. The van der Waals surface area contributed by atoms with Crippen LogP contribution in [-0.2, 0) is 4.79 Å². The monoisotopic (exact) mass is 418 g/mol. The van der Waals surface area contributed by atoms with Crippen LogP contribution in [-0.4, -0.2) is 42.4 Å². The van der Waals surface area contributed by atoms with E-state index < -0.39 is 0 Å². The van der Waals surface area contributed by atoms with Crippen LogP contribution < -0.4 is 19.7 Å². The Morgan fingerprint density at radius 3 is 2.39 bits per heavy atom. The van der Waals surface area contributed by atoms with Gasteiger partial charge in [0.2, 0.25) is 0 Å². The van der Waals surface area contributed by atoms with Crippen molar-refractivity contribution >= 4 is 17.4 Å². The molecule has 3 aromatic rings. The van der Waals surface area contributed by atoms with Gasteiger partial charge in [-0.1, -0.05) is 18.2 Å². The van der Waals surface area contributed by atoms with Crippen molar-refractivity contribution in [2.24, 2.45) is 0 Å². The molecule has 0 unspecified atom stereocenters. The molecule has 1 fully saturated rings. The number of rotatable bonds is 8. The van der Waals surface area contributed by atoms with E-state index in [1.807, 2.05) is 55.5 Å². The molecule has 7 heteroatoms. The molecule has 31 heavy (non-hydrogen) atoms. The standard InChI is InChI=1S/C24H26N4O3/c1-2-30-20-6-5-7-21(16-20)31-17-24(29)25-19-10-8-18(9-11-19)22-12-13-23(27-26-22)28-14-3-4-15-28/h5-13,16H,2-4,14-15,17H2,1H3,(H,25,29). The number of anilines is 2. The molecule has 0 saturated carbocycles. The van der Waals surface area contributed by atoms with Crippen molar-refractivity contribution in [3.05, 3.63) is 60.7 Å². The van der Waals surface area contributed by atoms with Gasteiger partial charge in [-0.2, -0.15) is 0 Å². The highest BCUT2D eigenvalue weighted by Crippen LogP contribution is 2.23. The van der Waals surface area contributed by atoms with Crippen LogP contribution in [0.1, 0.15) is 19.8 Å². The molecule has 1 N–H and O–H groups in total. The number of amides is 1. The summed E-state index contributed by atoms with van der Waals surface area (Å²) in [5.74, 6) is 2.00. The van der Waals surface area contributed by atoms with Crippen molar-refractivity contribution in [1.29, 1.82) is 0 Å². The van der Waals surface area contributed by atoms with Crippen LogP contribution in [0.15, 0.2) is 60.7 Å². The third kappa shape index (κ3) is 5.51. The zero-order valence-electron chi connectivity index (χ0n) is 17.6. The second-order valence-electron chi connectivity index (χ2n) is 7.29. The quantitative estimate of drug-likeness (QED) is 0.592. The second-order valence-corrected chi connectivity index (χ2v) is 7.29. The van der Waals surface area contributed by atoms with Gasteiger partial charge in [0, 0.05) is 30.4 Å². The number of aromatic nitrogens is 2. The van der Waals surface area contributed by atoms with Gasteiger partial charge in [0.1, 0.15) is 11.5 Å². The molecule has 7 nitrogen and oxygen atoms in total. The molecule has 160 valence electrons. The number of nitrogens with zero attached hydrogens (tertiary/aromatic N) is 3. The Balaban J connectivity index is 1.30. The maximum absolute atomic E-state index is 12.2. The molecule has 0 radical (unpaired) electrons. The second kappa shape index (κ2) is 9.93. The number of hydrogen-bond acceptors (Lipinski definition) is 6. The zero-order valence-corrected chi connectivity index (χ0v) is 17.6.